The molecule has 0 spiro atoms. The fourth-order valence-corrected chi connectivity index (χ4v) is 1.47. The first-order valence-corrected chi connectivity index (χ1v) is 5.57. The van der Waals surface area contributed by atoms with Crippen LogP contribution in [0.3, 0.4) is 0 Å². The summed E-state index contributed by atoms with van der Waals surface area (Å²) in [5, 5.41) is 0. The maximum atomic E-state index is 11.5. The number of primary amides is 1. The number of carbonyl (C=O) groups is 2. The molecule has 0 aliphatic rings. The van der Waals surface area contributed by atoms with Crippen LogP contribution in [0.25, 0.3) is 0 Å². The number of amides is 1. The molecule has 0 heterocycles. The highest BCUT2D eigenvalue weighted by Crippen LogP contribution is 2.04. The van der Waals surface area contributed by atoms with Gasteiger partial charge in [-0.2, -0.15) is 0 Å². The molecule has 0 aliphatic heterocycles. The molecule has 0 aromatic heterocycles. The Morgan fingerprint density at radius 3 is 2.33 bits per heavy atom. The minimum Gasteiger partial charge on any atom is -0.369 e. The quantitative estimate of drug-likeness (QED) is 0.654. The summed E-state index contributed by atoms with van der Waals surface area (Å²) in [6.07, 6.45) is 2.53. The summed E-state index contributed by atoms with van der Waals surface area (Å²) in [5.41, 5.74) is 5.15. The highest BCUT2D eigenvalue weighted by molar-refractivity contribution is 5.84. The Morgan fingerprint density at radius 2 is 1.93 bits per heavy atom. The summed E-state index contributed by atoms with van der Waals surface area (Å²) < 4.78 is 0. The molecule has 1 unspecified atom stereocenters. The number of Topliss-reactive ketones (excluding diaryl/α,β-unsaturated/α-hetero) is 1. The molecule has 15 heavy (non-hydrogen) atoms. The van der Waals surface area contributed by atoms with Gasteiger partial charge in [-0.25, -0.2) is 0 Å². The Labute approximate surface area is 91.8 Å². The van der Waals surface area contributed by atoms with Crippen LogP contribution < -0.4 is 5.73 Å². The second-order valence-corrected chi connectivity index (χ2v) is 3.79. The first kappa shape index (κ1) is 14.1. The van der Waals surface area contributed by atoms with Crippen LogP contribution in [0.2, 0.25) is 0 Å². The van der Waals surface area contributed by atoms with Crippen molar-refractivity contribution < 1.29 is 9.59 Å². The average molecular weight is 214 g/mol. The lowest BCUT2D eigenvalue weighted by molar-refractivity contribution is -0.125. The smallest absolute Gasteiger partial charge is 0.231 e. The van der Waals surface area contributed by atoms with Crippen LogP contribution >= 0.6 is 0 Å². The van der Waals surface area contributed by atoms with E-state index in [2.05, 4.69) is 6.92 Å². The zero-order valence-corrected chi connectivity index (χ0v) is 9.95. The van der Waals surface area contributed by atoms with E-state index >= 15 is 0 Å². The Hall–Kier alpha value is -0.900. The van der Waals surface area contributed by atoms with E-state index in [4.69, 9.17) is 5.73 Å². The lowest BCUT2D eigenvalue weighted by atomic mass is 10.1. The van der Waals surface area contributed by atoms with Crippen molar-refractivity contribution in [3.63, 3.8) is 0 Å². The molecule has 0 bridgehead atoms. The van der Waals surface area contributed by atoms with Gasteiger partial charge in [0.25, 0.3) is 0 Å². The van der Waals surface area contributed by atoms with Gasteiger partial charge in [-0.15, -0.1) is 0 Å². The Balaban J connectivity index is 4.32. The zero-order chi connectivity index (χ0) is 11.8. The molecular formula is C11H22N2O2. The molecule has 2 N–H and O–H groups in total. The van der Waals surface area contributed by atoms with Crippen LogP contribution in [0.1, 0.15) is 40.0 Å². The van der Waals surface area contributed by atoms with Crippen molar-refractivity contribution in [1.82, 2.24) is 4.90 Å². The van der Waals surface area contributed by atoms with E-state index < -0.39 is 0 Å². The first-order valence-electron chi connectivity index (χ1n) is 5.57. The van der Waals surface area contributed by atoms with Gasteiger partial charge < -0.3 is 5.73 Å². The molecule has 0 aromatic rings. The van der Waals surface area contributed by atoms with Gasteiger partial charge in [-0.1, -0.05) is 20.3 Å². The summed E-state index contributed by atoms with van der Waals surface area (Å²) in [7, 11) is 0. The Morgan fingerprint density at radius 1 is 1.33 bits per heavy atom. The van der Waals surface area contributed by atoms with Gasteiger partial charge in [0.15, 0.2) is 0 Å². The molecular weight excluding hydrogens is 192 g/mol. The number of nitrogens with zero attached hydrogens (tertiary/aromatic N) is 1. The molecule has 0 aromatic carbocycles. The highest BCUT2D eigenvalue weighted by Gasteiger charge is 2.20. The maximum Gasteiger partial charge on any atom is 0.231 e. The largest absolute Gasteiger partial charge is 0.369 e. The van der Waals surface area contributed by atoms with E-state index in [-0.39, 0.29) is 24.3 Å². The fourth-order valence-electron chi connectivity index (χ4n) is 1.47. The van der Waals surface area contributed by atoms with Crippen LogP contribution in [0.4, 0.5) is 0 Å². The van der Waals surface area contributed by atoms with E-state index in [0.717, 1.165) is 19.4 Å². The van der Waals surface area contributed by atoms with Crippen molar-refractivity contribution in [3.8, 4) is 0 Å². The topological polar surface area (TPSA) is 63.4 Å². The number of hydrogen-bond donors (Lipinski definition) is 1. The maximum absolute atomic E-state index is 11.5. The van der Waals surface area contributed by atoms with Crippen molar-refractivity contribution in [2.45, 2.75) is 46.1 Å². The van der Waals surface area contributed by atoms with Crippen molar-refractivity contribution in [1.29, 1.82) is 0 Å². The fraction of sp³-hybridized carbons (Fsp3) is 0.818. The zero-order valence-electron chi connectivity index (χ0n) is 9.95. The molecule has 0 saturated heterocycles. The van der Waals surface area contributed by atoms with E-state index in [0.29, 0.717) is 6.42 Å². The predicted molar refractivity (Wildman–Crippen MR) is 60.4 cm³/mol. The minimum absolute atomic E-state index is 0.160. The number of carbonyl (C=O) groups excluding carboxylic acids is 2. The highest BCUT2D eigenvalue weighted by atomic mass is 16.1. The molecule has 0 aliphatic carbocycles. The van der Waals surface area contributed by atoms with Gasteiger partial charge in [0, 0.05) is 6.42 Å². The molecule has 0 saturated carbocycles. The second-order valence-electron chi connectivity index (χ2n) is 3.79. The number of nitrogens with two attached hydrogens (primary N) is 1. The Bertz CT molecular complexity index is 217. The van der Waals surface area contributed by atoms with Crippen LogP contribution in [-0.4, -0.2) is 35.7 Å². The van der Waals surface area contributed by atoms with Gasteiger partial charge in [-0.05, 0) is 19.9 Å². The molecule has 1 atom stereocenters. The summed E-state index contributed by atoms with van der Waals surface area (Å²) in [4.78, 5) is 24.2. The molecule has 4 heteroatoms. The first-order chi connectivity index (χ1) is 7.02. The van der Waals surface area contributed by atoms with E-state index in [1.807, 2.05) is 18.7 Å². The predicted octanol–water partition coefficient (Wildman–Crippen LogP) is 0.941. The molecule has 0 rings (SSSR count). The van der Waals surface area contributed by atoms with Crippen molar-refractivity contribution in [2.75, 3.05) is 13.1 Å². The number of unbranched alkanes of at least 4 members (excludes halogenated alkanes) is 1. The van der Waals surface area contributed by atoms with E-state index in [1.54, 1.807) is 0 Å². The van der Waals surface area contributed by atoms with Crippen molar-refractivity contribution >= 4 is 11.7 Å². The van der Waals surface area contributed by atoms with Crippen LogP contribution in [0.5, 0.6) is 0 Å². The van der Waals surface area contributed by atoms with Crippen LogP contribution in [-0.2, 0) is 9.59 Å². The monoisotopic (exact) mass is 214 g/mol. The van der Waals surface area contributed by atoms with Gasteiger partial charge in [0.2, 0.25) is 5.91 Å². The summed E-state index contributed by atoms with van der Waals surface area (Å²) in [6.45, 7) is 6.68. The summed E-state index contributed by atoms with van der Waals surface area (Å²) in [5.74, 6) is -0.214. The molecule has 1 amide bonds. The number of ketones is 1. The number of rotatable bonds is 8. The van der Waals surface area contributed by atoms with Crippen molar-refractivity contribution in [3.05, 3.63) is 0 Å². The third-order valence-corrected chi connectivity index (χ3v) is 2.52. The van der Waals surface area contributed by atoms with Gasteiger partial charge in [0.1, 0.15) is 5.78 Å². The molecule has 4 nitrogen and oxygen atoms in total. The summed E-state index contributed by atoms with van der Waals surface area (Å²) >= 11 is 0. The average Bonchev–Trinajstić information content (AvgIpc) is 2.21. The SMILES string of the molecule is CCCCN(CC(N)=O)C(C)C(=O)CC. The van der Waals surface area contributed by atoms with Gasteiger partial charge >= 0.3 is 0 Å². The molecule has 88 valence electrons. The third kappa shape index (κ3) is 5.52. The van der Waals surface area contributed by atoms with E-state index in [9.17, 15) is 9.59 Å². The lowest BCUT2D eigenvalue weighted by Gasteiger charge is -2.26. The Kier molecular flexibility index (Phi) is 6.96. The van der Waals surface area contributed by atoms with E-state index in [1.165, 1.54) is 0 Å². The van der Waals surface area contributed by atoms with Crippen LogP contribution in [0, 0.1) is 0 Å². The van der Waals surface area contributed by atoms with Crippen LogP contribution in [0.15, 0.2) is 0 Å². The molecule has 0 fully saturated rings. The van der Waals surface area contributed by atoms with Gasteiger partial charge in [-0.3, -0.25) is 14.5 Å². The summed E-state index contributed by atoms with van der Waals surface area (Å²) in [6, 6.07) is -0.200. The van der Waals surface area contributed by atoms with Gasteiger partial charge in [0.05, 0.1) is 12.6 Å². The third-order valence-electron chi connectivity index (χ3n) is 2.52. The lowest BCUT2D eigenvalue weighted by Crippen LogP contribution is -2.44. The second kappa shape index (κ2) is 7.40. The molecule has 0 radical (unpaired) electrons. The number of hydrogen-bond acceptors (Lipinski definition) is 3. The standard InChI is InChI=1S/C11H22N2O2/c1-4-6-7-13(8-11(12)15)9(3)10(14)5-2/h9H,4-8H2,1-3H3,(H2,12,15). The minimum atomic E-state index is -0.373. The van der Waals surface area contributed by atoms with Crippen molar-refractivity contribution in [2.24, 2.45) is 5.73 Å². The normalized spacial score (nSPS) is 12.8.